The van der Waals surface area contributed by atoms with Gasteiger partial charge in [0.05, 0.1) is 18.1 Å². The van der Waals surface area contributed by atoms with Gasteiger partial charge < -0.3 is 19.4 Å². The van der Waals surface area contributed by atoms with Crippen LogP contribution in [-0.4, -0.2) is 50.5 Å². The topological polar surface area (TPSA) is 107 Å². The molecule has 0 spiro atoms. The average Bonchev–Trinajstić information content (AvgIpc) is 2.65. The molecule has 0 saturated heterocycles. The molecule has 9 nitrogen and oxygen atoms in total. The summed E-state index contributed by atoms with van der Waals surface area (Å²) in [4.78, 5) is 24.4. The Balaban J connectivity index is 2.21. The van der Waals surface area contributed by atoms with Gasteiger partial charge in [0, 0.05) is 38.1 Å². The van der Waals surface area contributed by atoms with E-state index < -0.39 is 21.5 Å². The van der Waals surface area contributed by atoms with E-state index in [1.54, 1.807) is 18.2 Å². The van der Waals surface area contributed by atoms with Crippen LogP contribution in [0.15, 0.2) is 46.2 Å². The summed E-state index contributed by atoms with van der Waals surface area (Å²) < 4.78 is 37.6. The quantitative estimate of drug-likeness (QED) is 0.656. The number of hydrogen-bond donors (Lipinski definition) is 1. The second-order valence-corrected chi connectivity index (χ2v) is 8.35. The van der Waals surface area contributed by atoms with Crippen LogP contribution in [0.5, 0.6) is 11.5 Å². The third-order valence-electron chi connectivity index (χ3n) is 3.88. The molecule has 0 atom stereocenters. The van der Waals surface area contributed by atoms with Crippen molar-refractivity contribution >= 4 is 21.6 Å². The molecule has 0 bridgehead atoms. The molecule has 0 fully saturated rings. The molecule has 0 unspecified atom stereocenters. The van der Waals surface area contributed by atoms with Crippen LogP contribution < -0.4 is 20.3 Å². The van der Waals surface area contributed by atoms with Crippen LogP contribution in [0, 0.1) is 0 Å². The maximum atomic E-state index is 12.4. The Morgan fingerprint density at radius 1 is 1.07 bits per heavy atom. The van der Waals surface area contributed by atoms with Crippen LogP contribution in [0.4, 0.5) is 5.69 Å². The van der Waals surface area contributed by atoms with Gasteiger partial charge in [0.15, 0.2) is 11.5 Å². The number of nitrogens with zero attached hydrogens (tertiary/aromatic N) is 2. The fourth-order valence-corrected chi connectivity index (χ4v) is 3.40. The van der Waals surface area contributed by atoms with Crippen LogP contribution >= 0.6 is 0 Å². The summed E-state index contributed by atoms with van der Waals surface area (Å²) in [5, 5.41) is 2.67. The molecule has 2 rings (SSSR count). The monoisotopic (exact) mass is 423 g/mol. The molecular weight excluding hydrogens is 398 g/mol. The van der Waals surface area contributed by atoms with E-state index in [1.807, 2.05) is 13.8 Å². The normalized spacial score (nSPS) is 11.3. The van der Waals surface area contributed by atoms with Gasteiger partial charge in [-0.2, -0.15) is 0 Å². The predicted octanol–water partition coefficient (Wildman–Crippen LogP) is 1.53. The summed E-state index contributed by atoms with van der Waals surface area (Å²) in [7, 11) is -0.945. The Bertz CT molecular complexity index is 1030. The second-order valence-electron chi connectivity index (χ2n) is 6.19. The lowest BCUT2D eigenvalue weighted by molar-refractivity contribution is -0.116. The largest absolute Gasteiger partial charge is 0.490 e. The van der Waals surface area contributed by atoms with Gasteiger partial charge in [-0.3, -0.25) is 9.59 Å². The lowest BCUT2D eigenvalue weighted by Crippen LogP contribution is -2.29. The molecule has 0 aliphatic carbocycles. The third kappa shape index (κ3) is 5.58. The van der Waals surface area contributed by atoms with Crippen LogP contribution in [-0.2, 0) is 21.4 Å². The van der Waals surface area contributed by atoms with Crippen LogP contribution in [0.2, 0.25) is 0 Å². The van der Waals surface area contributed by atoms with Crippen molar-refractivity contribution in [1.82, 2.24) is 8.87 Å². The van der Waals surface area contributed by atoms with Crippen LogP contribution in [0.3, 0.4) is 0 Å². The van der Waals surface area contributed by atoms with Crippen molar-refractivity contribution in [1.29, 1.82) is 0 Å². The molecule has 0 radical (unpaired) electrons. The summed E-state index contributed by atoms with van der Waals surface area (Å²) in [6, 6.07) is 7.30. The van der Waals surface area contributed by atoms with Crippen molar-refractivity contribution in [2.75, 3.05) is 32.6 Å². The van der Waals surface area contributed by atoms with Gasteiger partial charge in [0.2, 0.25) is 15.9 Å². The van der Waals surface area contributed by atoms with Gasteiger partial charge in [-0.15, -0.1) is 0 Å². The van der Waals surface area contributed by atoms with E-state index in [4.69, 9.17) is 9.47 Å². The number of amides is 1. The van der Waals surface area contributed by atoms with Crippen molar-refractivity contribution < 1.29 is 22.7 Å². The Morgan fingerprint density at radius 2 is 1.72 bits per heavy atom. The number of pyridine rings is 1. The van der Waals surface area contributed by atoms with Crippen LogP contribution in [0.1, 0.15) is 13.8 Å². The highest BCUT2D eigenvalue weighted by Crippen LogP contribution is 2.30. The van der Waals surface area contributed by atoms with E-state index in [2.05, 4.69) is 5.32 Å². The molecule has 0 aliphatic rings. The molecule has 1 heterocycles. The van der Waals surface area contributed by atoms with Crippen LogP contribution in [0.25, 0.3) is 0 Å². The third-order valence-corrected chi connectivity index (χ3v) is 5.67. The number of carbonyl (C=O) groups is 1. The molecule has 10 heteroatoms. The van der Waals surface area contributed by atoms with Crippen molar-refractivity contribution in [3.8, 4) is 11.5 Å². The molecule has 0 aliphatic heterocycles. The number of ether oxygens (including phenoxy) is 2. The molecule has 29 heavy (non-hydrogen) atoms. The first-order valence-electron chi connectivity index (χ1n) is 9.01. The number of carbonyl (C=O) groups excluding carboxylic acids is 1. The minimum atomic E-state index is -3.72. The van der Waals surface area contributed by atoms with E-state index >= 15 is 0 Å². The Morgan fingerprint density at radius 3 is 2.34 bits per heavy atom. The van der Waals surface area contributed by atoms with E-state index in [1.165, 1.54) is 20.2 Å². The van der Waals surface area contributed by atoms with Gasteiger partial charge in [-0.1, -0.05) is 0 Å². The minimum absolute atomic E-state index is 0.0744. The number of anilines is 1. The fraction of sp³-hybridized carbons (Fsp3) is 0.368. The molecule has 1 amide bonds. The summed E-state index contributed by atoms with van der Waals surface area (Å²) >= 11 is 0. The zero-order valence-corrected chi connectivity index (χ0v) is 17.7. The first kappa shape index (κ1) is 22.4. The lowest BCUT2D eigenvalue weighted by Gasteiger charge is -2.14. The SMILES string of the molecule is CCOc1ccc(NC(=O)Cn2cc(S(=O)(=O)N(C)C)ccc2=O)cc1OCC. The Hall–Kier alpha value is -2.85. The fourth-order valence-electron chi connectivity index (χ4n) is 2.48. The van der Waals surface area contributed by atoms with Crippen molar-refractivity contribution in [2.45, 2.75) is 25.3 Å². The molecular formula is C19H25N3O6S. The number of benzene rings is 1. The highest BCUT2D eigenvalue weighted by atomic mass is 32.2. The van der Waals surface area contributed by atoms with Crippen molar-refractivity contribution in [2.24, 2.45) is 0 Å². The standard InChI is InChI=1S/C19H25N3O6S/c1-5-27-16-9-7-14(11-17(16)28-6-2)20-18(23)13-22-12-15(8-10-19(22)24)29(25,26)21(3)4/h7-12H,5-6,13H2,1-4H3,(H,20,23). The van der Waals surface area contributed by atoms with Gasteiger partial charge in [-0.05, 0) is 32.0 Å². The number of sulfonamides is 1. The average molecular weight is 423 g/mol. The highest BCUT2D eigenvalue weighted by Gasteiger charge is 2.19. The number of nitrogens with one attached hydrogen (secondary N) is 1. The first-order chi connectivity index (χ1) is 13.7. The Labute approximate surface area is 169 Å². The maximum Gasteiger partial charge on any atom is 0.251 e. The van der Waals surface area contributed by atoms with E-state index in [0.29, 0.717) is 30.4 Å². The summed E-state index contributed by atoms with van der Waals surface area (Å²) in [5.74, 6) is 0.562. The number of rotatable bonds is 9. The smallest absolute Gasteiger partial charge is 0.251 e. The molecule has 158 valence electrons. The van der Waals surface area contributed by atoms with E-state index in [9.17, 15) is 18.0 Å². The first-order valence-corrected chi connectivity index (χ1v) is 10.5. The minimum Gasteiger partial charge on any atom is -0.490 e. The summed E-state index contributed by atoms with van der Waals surface area (Å²) in [5.41, 5.74) is -0.0217. The van der Waals surface area contributed by atoms with Gasteiger partial charge in [0.25, 0.3) is 5.56 Å². The molecule has 0 saturated carbocycles. The van der Waals surface area contributed by atoms with E-state index in [-0.39, 0.29) is 11.4 Å². The zero-order chi connectivity index (χ0) is 21.6. The summed E-state index contributed by atoms with van der Waals surface area (Å²) in [6.07, 6.45) is 1.15. The molecule has 1 aromatic carbocycles. The lowest BCUT2D eigenvalue weighted by atomic mass is 10.2. The predicted molar refractivity (Wildman–Crippen MR) is 109 cm³/mol. The van der Waals surface area contributed by atoms with Gasteiger partial charge in [-0.25, -0.2) is 12.7 Å². The van der Waals surface area contributed by atoms with Crippen molar-refractivity contribution in [3.63, 3.8) is 0 Å². The number of hydrogen-bond acceptors (Lipinski definition) is 6. The highest BCUT2D eigenvalue weighted by molar-refractivity contribution is 7.89. The molecule has 1 N–H and O–H groups in total. The molecule has 2 aromatic rings. The van der Waals surface area contributed by atoms with Gasteiger partial charge >= 0.3 is 0 Å². The van der Waals surface area contributed by atoms with Gasteiger partial charge in [0.1, 0.15) is 6.54 Å². The van der Waals surface area contributed by atoms with E-state index in [0.717, 1.165) is 21.1 Å². The van der Waals surface area contributed by atoms with Crippen molar-refractivity contribution in [3.05, 3.63) is 46.9 Å². The second kappa shape index (κ2) is 9.57. The summed E-state index contributed by atoms with van der Waals surface area (Å²) in [6.45, 7) is 4.25. The Kier molecular flexibility index (Phi) is 7.40. The maximum absolute atomic E-state index is 12.4. The molecule has 1 aromatic heterocycles. The zero-order valence-electron chi connectivity index (χ0n) is 16.8. The number of aromatic nitrogens is 1.